The zero-order valence-electron chi connectivity index (χ0n) is 15.0. The van der Waals surface area contributed by atoms with Crippen molar-refractivity contribution in [3.8, 4) is 0 Å². The van der Waals surface area contributed by atoms with Gasteiger partial charge in [0.05, 0.1) is 0 Å². The van der Waals surface area contributed by atoms with Gasteiger partial charge in [-0.3, -0.25) is 9.59 Å². The Morgan fingerprint density at radius 2 is 1.89 bits per heavy atom. The van der Waals surface area contributed by atoms with Gasteiger partial charge in [-0.25, -0.2) is 0 Å². The lowest BCUT2D eigenvalue weighted by Gasteiger charge is -2.13. The number of fused-ring (bicyclic) bond motifs is 1. The van der Waals surface area contributed by atoms with Gasteiger partial charge in [0.15, 0.2) is 5.58 Å². The highest BCUT2D eigenvalue weighted by molar-refractivity contribution is 6.28. The molecule has 1 heterocycles. The van der Waals surface area contributed by atoms with E-state index in [0.29, 0.717) is 22.4 Å². The first-order chi connectivity index (χ1) is 12.9. The van der Waals surface area contributed by atoms with E-state index in [1.807, 2.05) is 43.3 Å². The molecule has 0 bridgehead atoms. The molecule has 8 heteroatoms. The lowest BCUT2D eigenvalue weighted by Crippen LogP contribution is -2.27. The molecule has 27 heavy (non-hydrogen) atoms. The monoisotopic (exact) mass is 386 g/mol. The highest BCUT2D eigenvalue weighted by Crippen LogP contribution is 2.20. The summed E-state index contributed by atoms with van der Waals surface area (Å²) in [5.74, 6) is -0.474. The van der Waals surface area contributed by atoms with Gasteiger partial charge < -0.3 is 20.0 Å². The molecule has 0 atom stereocenters. The summed E-state index contributed by atoms with van der Waals surface area (Å²) >= 11 is 5.70. The molecule has 2 amide bonds. The van der Waals surface area contributed by atoms with Crippen molar-refractivity contribution in [3.63, 3.8) is 0 Å². The maximum atomic E-state index is 12.2. The molecule has 2 N–H and O–H groups in total. The van der Waals surface area contributed by atoms with Gasteiger partial charge in [-0.05, 0) is 54.1 Å². The molecule has 3 aromatic rings. The fraction of sp³-hybridized carbons (Fsp3) is 0.211. The second kappa shape index (κ2) is 8.09. The van der Waals surface area contributed by atoms with Crippen LogP contribution in [0.3, 0.4) is 0 Å². The van der Waals surface area contributed by atoms with E-state index in [1.54, 1.807) is 18.2 Å². The standard InChI is InChI=1S/C19H19ClN4O3/c1-24(2)14-6-4-13(5-7-14)22-17(25)9-10-21-18(26)12-3-8-15-16(11-12)27-19(20)23-15/h3-8,11H,9-10H2,1-2H3,(H,21,26)(H,22,25). The first kappa shape index (κ1) is 18.7. The smallest absolute Gasteiger partial charge is 0.293 e. The molecule has 1 aromatic heterocycles. The number of anilines is 2. The Balaban J connectivity index is 1.49. The summed E-state index contributed by atoms with van der Waals surface area (Å²) < 4.78 is 5.20. The minimum Gasteiger partial charge on any atom is -0.428 e. The van der Waals surface area contributed by atoms with Crippen LogP contribution in [0.4, 0.5) is 11.4 Å². The molecular weight excluding hydrogens is 368 g/mol. The van der Waals surface area contributed by atoms with Crippen molar-refractivity contribution < 1.29 is 14.0 Å². The lowest BCUT2D eigenvalue weighted by molar-refractivity contribution is -0.116. The molecule has 2 aromatic carbocycles. The Kier molecular flexibility index (Phi) is 5.61. The number of hydrogen-bond acceptors (Lipinski definition) is 5. The SMILES string of the molecule is CN(C)c1ccc(NC(=O)CCNC(=O)c2ccc3nc(Cl)oc3c2)cc1. The van der Waals surface area contributed by atoms with Gasteiger partial charge in [0.25, 0.3) is 11.3 Å². The second-order valence-corrected chi connectivity index (χ2v) is 6.47. The van der Waals surface area contributed by atoms with Crippen LogP contribution in [0.2, 0.25) is 5.35 Å². The normalized spacial score (nSPS) is 10.6. The highest BCUT2D eigenvalue weighted by Gasteiger charge is 2.10. The minimum atomic E-state index is -0.299. The minimum absolute atomic E-state index is 0.0258. The van der Waals surface area contributed by atoms with Gasteiger partial charge in [-0.1, -0.05) is 0 Å². The van der Waals surface area contributed by atoms with Crippen LogP contribution in [-0.2, 0) is 4.79 Å². The van der Waals surface area contributed by atoms with Crippen LogP contribution < -0.4 is 15.5 Å². The molecule has 3 rings (SSSR count). The van der Waals surface area contributed by atoms with E-state index in [-0.39, 0.29) is 30.1 Å². The number of carbonyl (C=O) groups excluding carboxylic acids is 2. The Morgan fingerprint density at radius 1 is 1.15 bits per heavy atom. The van der Waals surface area contributed by atoms with E-state index in [1.165, 1.54) is 0 Å². The lowest BCUT2D eigenvalue weighted by atomic mass is 10.2. The summed E-state index contributed by atoms with van der Waals surface area (Å²) in [6, 6.07) is 12.4. The fourth-order valence-electron chi connectivity index (χ4n) is 2.50. The average Bonchev–Trinajstić information content (AvgIpc) is 3.01. The van der Waals surface area contributed by atoms with Crippen LogP contribution in [0, 0.1) is 0 Å². The molecule has 0 aliphatic heterocycles. The van der Waals surface area contributed by atoms with Gasteiger partial charge in [0.2, 0.25) is 5.91 Å². The maximum absolute atomic E-state index is 12.2. The van der Waals surface area contributed by atoms with E-state index in [2.05, 4.69) is 15.6 Å². The summed E-state index contributed by atoms with van der Waals surface area (Å²) in [6.07, 6.45) is 0.164. The highest BCUT2D eigenvalue weighted by atomic mass is 35.5. The quantitative estimate of drug-likeness (QED) is 0.678. The first-order valence-electron chi connectivity index (χ1n) is 8.34. The van der Waals surface area contributed by atoms with E-state index in [9.17, 15) is 9.59 Å². The third-order valence-electron chi connectivity index (χ3n) is 3.93. The van der Waals surface area contributed by atoms with Crippen LogP contribution in [0.5, 0.6) is 0 Å². The number of nitrogens with zero attached hydrogens (tertiary/aromatic N) is 2. The number of benzene rings is 2. The van der Waals surface area contributed by atoms with Crippen LogP contribution >= 0.6 is 11.6 Å². The van der Waals surface area contributed by atoms with Crippen molar-refractivity contribution in [2.24, 2.45) is 0 Å². The molecular formula is C19H19ClN4O3. The number of nitrogens with one attached hydrogen (secondary N) is 2. The number of rotatable bonds is 6. The summed E-state index contributed by atoms with van der Waals surface area (Å²) in [6.45, 7) is 0.218. The third kappa shape index (κ3) is 4.77. The Labute approximate surface area is 161 Å². The molecule has 0 saturated heterocycles. The number of halogens is 1. The average molecular weight is 387 g/mol. The van der Waals surface area contributed by atoms with E-state index in [0.717, 1.165) is 5.69 Å². The third-order valence-corrected chi connectivity index (χ3v) is 4.09. The number of carbonyl (C=O) groups is 2. The maximum Gasteiger partial charge on any atom is 0.293 e. The van der Waals surface area contributed by atoms with Crippen LogP contribution in [0.15, 0.2) is 46.9 Å². The van der Waals surface area contributed by atoms with Crippen LogP contribution in [-0.4, -0.2) is 37.4 Å². The molecule has 0 unspecified atom stereocenters. The topological polar surface area (TPSA) is 87.5 Å². The van der Waals surface area contributed by atoms with Crippen molar-refractivity contribution in [2.75, 3.05) is 30.9 Å². The van der Waals surface area contributed by atoms with Crippen molar-refractivity contribution >= 4 is 45.9 Å². The number of hydrogen-bond donors (Lipinski definition) is 2. The first-order valence-corrected chi connectivity index (χ1v) is 8.72. The van der Waals surface area contributed by atoms with Crippen molar-refractivity contribution in [2.45, 2.75) is 6.42 Å². The molecule has 0 radical (unpaired) electrons. The van der Waals surface area contributed by atoms with E-state index in [4.69, 9.17) is 16.0 Å². The molecule has 140 valence electrons. The molecule has 0 spiro atoms. The Hall–Kier alpha value is -3.06. The number of oxazole rings is 1. The van der Waals surface area contributed by atoms with Gasteiger partial charge in [0, 0.05) is 44.0 Å². The predicted octanol–water partition coefficient (Wildman–Crippen LogP) is 3.31. The zero-order valence-corrected chi connectivity index (χ0v) is 15.7. The van der Waals surface area contributed by atoms with Gasteiger partial charge in [0.1, 0.15) is 5.52 Å². The Morgan fingerprint density at radius 3 is 2.59 bits per heavy atom. The zero-order chi connectivity index (χ0) is 19.4. The molecule has 0 aliphatic rings. The van der Waals surface area contributed by atoms with Gasteiger partial charge in [-0.2, -0.15) is 4.98 Å². The van der Waals surface area contributed by atoms with Crippen molar-refractivity contribution in [1.82, 2.24) is 10.3 Å². The van der Waals surface area contributed by atoms with E-state index >= 15 is 0 Å². The molecule has 0 saturated carbocycles. The molecule has 0 fully saturated rings. The summed E-state index contributed by atoms with van der Waals surface area (Å²) in [5.41, 5.74) is 3.19. The largest absolute Gasteiger partial charge is 0.428 e. The van der Waals surface area contributed by atoms with Crippen molar-refractivity contribution in [3.05, 3.63) is 53.4 Å². The van der Waals surface area contributed by atoms with Crippen molar-refractivity contribution in [1.29, 1.82) is 0 Å². The summed E-state index contributed by atoms with van der Waals surface area (Å²) in [7, 11) is 3.90. The fourth-order valence-corrected chi connectivity index (χ4v) is 2.67. The van der Waals surface area contributed by atoms with E-state index < -0.39 is 0 Å². The summed E-state index contributed by atoms with van der Waals surface area (Å²) in [4.78, 5) is 30.2. The van der Waals surface area contributed by atoms with Gasteiger partial charge in [-0.15, -0.1) is 0 Å². The Bertz CT molecular complexity index is 967. The predicted molar refractivity (Wildman–Crippen MR) is 105 cm³/mol. The van der Waals surface area contributed by atoms with Crippen LogP contribution in [0.25, 0.3) is 11.1 Å². The van der Waals surface area contributed by atoms with Gasteiger partial charge >= 0.3 is 0 Å². The molecule has 0 aliphatic carbocycles. The molecule has 7 nitrogen and oxygen atoms in total. The summed E-state index contributed by atoms with van der Waals surface area (Å²) in [5, 5.41) is 5.54. The number of amides is 2. The van der Waals surface area contributed by atoms with Crippen LogP contribution in [0.1, 0.15) is 16.8 Å². The second-order valence-electron chi connectivity index (χ2n) is 6.14. The number of aromatic nitrogens is 1.